The SMILES string of the molecule is O=C1O[C@@H]2C=CC=C[C@H]2C=C1c1cn2cc(Cc3ccccc3Cl)sc2n1. The number of allylic oxidation sites excluding steroid dienone is 2. The van der Waals surface area contributed by atoms with Crippen LogP contribution in [0.5, 0.6) is 0 Å². The summed E-state index contributed by atoms with van der Waals surface area (Å²) in [5.41, 5.74) is 2.27. The third kappa shape index (κ3) is 3.03. The van der Waals surface area contributed by atoms with Gasteiger partial charge in [0.25, 0.3) is 0 Å². The highest BCUT2D eigenvalue weighted by Gasteiger charge is 2.31. The predicted octanol–water partition coefficient (Wildman–Crippen LogP) is 4.69. The standard InChI is InChI=1S/C21H15ClN2O2S/c22-17-7-3-1-5-13(17)9-15-11-24-12-18(23-21(24)27-15)16-10-14-6-2-4-8-19(14)26-20(16)25/h1-8,10-12,14,19H,9H2/t14-,19+/m0/s1. The molecule has 0 fully saturated rings. The number of ether oxygens (including phenoxy) is 1. The van der Waals surface area contributed by atoms with Crippen LogP contribution in [0.15, 0.2) is 67.0 Å². The van der Waals surface area contributed by atoms with Gasteiger partial charge in [-0.3, -0.25) is 4.40 Å². The molecule has 2 aliphatic rings. The van der Waals surface area contributed by atoms with Gasteiger partial charge in [0, 0.05) is 34.6 Å². The number of halogens is 1. The van der Waals surface area contributed by atoms with E-state index in [4.69, 9.17) is 16.3 Å². The third-order valence-corrected chi connectivity index (χ3v) is 6.11. The van der Waals surface area contributed by atoms with Gasteiger partial charge in [-0.05, 0) is 17.7 Å². The monoisotopic (exact) mass is 394 g/mol. The van der Waals surface area contributed by atoms with Crippen molar-refractivity contribution in [2.24, 2.45) is 5.92 Å². The summed E-state index contributed by atoms with van der Waals surface area (Å²) in [5.74, 6) is -0.253. The summed E-state index contributed by atoms with van der Waals surface area (Å²) in [6.07, 6.45) is 14.2. The number of rotatable bonds is 3. The van der Waals surface area contributed by atoms with Gasteiger partial charge in [0.1, 0.15) is 6.10 Å². The molecule has 0 radical (unpaired) electrons. The van der Waals surface area contributed by atoms with E-state index in [1.807, 2.05) is 71.4 Å². The fraction of sp³-hybridized carbons (Fsp3) is 0.143. The largest absolute Gasteiger partial charge is 0.454 e. The maximum Gasteiger partial charge on any atom is 0.340 e. The lowest BCUT2D eigenvalue weighted by molar-refractivity contribution is -0.141. The van der Waals surface area contributed by atoms with Gasteiger partial charge in [-0.15, -0.1) is 11.3 Å². The van der Waals surface area contributed by atoms with Crippen molar-refractivity contribution in [1.29, 1.82) is 0 Å². The van der Waals surface area contributed by atoms with Crippen LogP contribution in [0.4, 0.5) is 0 Å². The Morgan fingerprint density at radius 1 is 1.19 bits per heavy atom. The first-order valence-corrected chi connectivity index (χ1v) is 9.86. The van der Waals surface area contributed by atoms with Crippen LogP contribution in [0.1, 0.15) is 16.1 Å². The molecule has 0 amide bonds. The molecule has 0 saturated carbocycles. The van der Waals surface area contributed by atoms with E-state index < -0.39 is 0 Å². The summed E-state index contributed by atoms with van der Waals surface area (Å²) in [4.78, 5) is 19.0. The number of fused-ring (bicyclic) bond motifs is 2. The third-order valence-electron chi connectivity index (χ3n) is 4.75. The minimum atomic E-state index is -0.321. The molecule has 2 atom stereocenters. The summed E-state index contributed by atoms with van der Waals surface area (Å²) in [6, 6.07) is 7.85. The molecular weight excluding hydrogens is 380 g/mol. The highest BCUT2D eigenvalue weighted by molar-refractivity contribution is 7.17. The van der Waals surface area contributed by atoms with Crippen molar-refractivity contribution in [3.63, 3.8) is 0 Å². The van der Waals surface area contributed by atoms with Crippen LogP contribution in [-0.2, 0) is 16.0 Å². The summed E-state index contributed by atoms with van der Waals surface area (Å²) < 4.78 is 7.50. The Hall–Kier alpha value is -2.63. The number of thiazole rings is 1. The van der Waals surface area contributed by atoms with Gasteiger partial charge in [0.15, 0.2) is 4.96 Å². The van der Waals surface area contributed by atoms with E-state index in [0.717, 1.165) is 26.8 Å². The van der Waals surface area contributed by atoms with Crippen LogP contribution in [0.3, 0.4) is 0 Å². The zero-order valence-corrected chi connectivity index (χ0v) is 15.8. The average Bonchev–Trinajstić information content (AvgIpc) is 3.21. The predicted molar refractivity (Wildman–Crippen MR) is 107 cm³/mol. The van der Waals surface area contributed by atoms with Crippen molar-refractivity contribution >= 4 is 39.4 Å². The van der Waals surface area contributed by atoms with Crippen molar-refractivity contribution in [1.82, 2.24) is 9.38 Å². The zero-order valence-electron chi connectivity index (χ0n) is 14.2. The molecule has 3 aromatic rings. The van der Waals surface area contributed by atoms with Crippen LogP contribution in [-0.4, -0.2) is 21.5 Å². The molecule has 0 saturated heterocycles. The van der Waals surface area contributed by atoms with Crippen molar-refractivity contribution < 1.29 is 9.53 Å². The Morgan fingerprint density at radius 3 is 2.89 bits per heavy atom. The quantitative estimate of drug-likeness (QED) is 0.605. The van der Waals surface area contributed by atoms with Gasteiger partial charge in [0.05, 0.1) is 11.3 Å². The Morgan fingerprint density at radius 2 is 2.04 bits per heavy atom. The second-order valence-corrected chi connectivity index (χ2v) is 8.08. The molecule has 0 spiro atoms. The highest BCUT2D eigenvalue weighted by atomic mass is 35.5. The second-order valence-electron chi connectivity index (χ2n) is 6.58. The first kappa shape index (κ1) is 16.5. The van der Waals surface area contributed by atoms with Gasteiger partial charge in [0.2, 0.25) is 0 Å². The maximum absolute atomic E-state index is 12.4. The molecule has 3 heterocycles. The number of hydrogen-bond acceptors (Lipinski definition) is 4. The first-order valence-electron chi connectivity index (χ1n) is 8.66. The molecule has 5 rings (SSSR count). The molecule has 4 nitrogen and oxygen atoms in total. The van der Waals surface area contributed by atoms with Crippen molar-refractivity contribution in [2.45, 2.75) is 12.5 Å². The summed E-state index contributed by atoms with van der Waals surface area (Å²) in [5, 5.41) is 0.767. The van der Waals surface area contributed by atoms with Gasteiger partial charge in [-0.2, -0.15) is 0 Å². The van der Waals surface area contributed by atoms with E-state index >= 15 is 0 Å². The van der Waals surface area contributed by atoms with Gasteiger partial charge >= 0.3 is 5.97 Å². The first-order chi connectivity index (χ1) is 13.2. The number of hydrogen-bond donors (Lipinski definition) is 0. The molecule has 1 aliphatic heterocycles. The Bertz CT molecular complexity index is 1110. The van der Waals surface area contributed by atoms with E-state index in [0.29, 0.717) is 11.3 Å². The normalized spacial score (nSPS) is 21.2. The molecule has 1 aliphatic carbocycles. The van der Waals surface area contributed by atoms with E-state index in [1.54, 1.807) is 11.3 Å². The average molecular weight is 395 g/mol. The van der Waals surface area contributed by atoms with Crippen molar-refractivity contribution in [2.75, 3.05) is 0 Å². The lowest BCUT2D eigenvalue weighted by Gasteiger charge is -2.26. The van der Waals surface area contributed by atoms with Gasteiger partial charge < -0.3 is 4.74 Å². The fourth-order valence-corrected chi connectivity index (χ4v) is 4.58. The van der Waals surface area contributed by atoms with Gasteiger partial charge in [-0.25, -0.2) is 9.78 Å². The minimum absolute atomic E-state index is 0.0678. The summed E-state index contributed by atoms with van der Waals surface area (Å²) >= 11 is 7.86. The van der Waals surface area contributed by atoms with E-state index in [-0.39, 0.29) is 18.0 Å². The Balaban J connectivity index is 1.44. The van der Waals surface area contributed by atoms with Crippen LogP contribution in [0, 0.1) is 5.92 Å². The summed E-state index contributed by atoms with van der Waals surface area (Å²) in [6.45, 7) is 0. The Labute approximate surface area is 165 Å². The van der Waals surface area contributed by atoms with Gasteiger partial charge in [-0.1, -0.05) is 54.1 Å². The number of benzene rings is 1. The van der Waals surface area contributed by atoms with Crippen molar-refractivity contribution in [3.05, 3.63) is 88.2 Å². The number of esters is 1. The molecule has 2 aromatic heterocycles. The summed E-state index contributed by atoms with van der Waals surface area (Å²) in [7, 11) is 0. The van der Waals surface area contributed by atoms with Crippen LogP contribution in [0.25, 0.3) is 10.5 Å². The lowest BCUT2D eigenvalue weighted by Crippen LogP contribution is -2.29. The number of carbonyl (C=O) groups excluding carboxylic acids is 1. The fourth-order valence-electron chi connectivity index (χ4n) is 3.39. The topological polar surface area (TPSA) is 43.6 Å². The highest BCUT2D eigenvalue weighted by Crippen LogP contribution is 2.31. The van der Waals surface area contributed by atoms with E-state index in [9.17, 15) is 4.79 Å². The van der Waals surface area contributed by atoms with Crippen LogP contribution in [0.2, 0.25) is 5.02 Å². The van der Waals surface area contributed by atoms with Crippen LogP contribution >= 0.6 is 22.9 Å². The molecule has 27 heavy (non-hydrogen) atoms. The molecular formula is C21H15ClN2O2S. The minimum Gasteiger partial charge on any atom is -0.454 e. The number of carbonyl (C=O) groups is 1. The number of imidazole rings is 1. The molecule has 0 unspecified atom stereocenters. The van der Waals surface area contributed by atoms with E-state index in [2.05, 4.69) is 4.98 Å². The zero-order chi connectivity index (χ0) is 18.4. The smallest absolute Gasteiger partial charge is 0.340 e. The second kappa shape index (κ2) is 6.51. The van der Waals surface area contributed by atoms with E-state index in [1.165, 1.54) is 0 Å². The van der Waals surface area contributed by atoms with Crippen LogP contribution < -0.4 is 0 Å². The Kier molecular flexibility index (Phi) is 3.99. The lowest BCUT2D eigenvalue weighted by atomic mass is 9.92. The molecule has 6 heteroatoms. The van der Waals surface area contributed by atoms with Crippen molar-refractivity contribution in [3.8, 4) is 0 Å². The maximum atomic E-state index is 12.4. The molecule has 0 bridgehead atoms. The molecule has 1 aromatic carbocycles. The molecule has 134 valence electrons. The number of aromatic nitrogens is 2. The number of nitrogens with zero attached hydrogens (tertiary/aromatic N) is 2. The molecule has 0 N–H and O–H groups in total.